The zero-order chi connectivity index (χ0) is 19.2. The summed E-state index contributed by atoms with van der Waals surface area (Å²) >= 11 is 1.50. The molecule has 1 aromatic carbocycles. The molecule has 1 unspecified atom stereocenters. The summed E-state index contributed by atoms with van der Waals surface area (Å²) in [6.07, 6.45) is 3.58. The first-order valence-electron chi connectivity index (χ1n) is 8.21. The second-order valence-electron chi connectivity index (χ2n) is 5.72. The van der Waals surface area contributed by atoms with Crippen molar-refractivity contribution in [1.29, 1.82) is 0 Å². The number of aromatic nitrogens is 2. The fourth-order valence-electron chi connectivity index (χ4n) is 2.45. The molecular weight excluding hydrogens is 366 g/mol. The lowest BCUT2D eigenvalue weighted by molar-refractivity contribution is -0.143. The van der Waals surface area contributed by atoms with Crippen LogP contribution in [-0.4, -0.2) is 28.5 Å². The molecule has 0 fully saturated rings. The highest BCUT2D eigenvalue weighted by Gasteiger charge is 2.25. The second kappa shape index (κ2) is 8.59. The number of thioether (sulfide) groups is 1. The maximum Gasteiger partial charge on any atom is 0.333 e. The number of rotatable bonds is 7. The topological polar surface area (TPSA) is 86.4 Å². The minimum Gasteiger partial charge on any atom is -0.467 e. The SMILES string of the molecule is COC(=O)C(NC(=O)c1ccc(CSc2nccn2C)o1)c1ccccc1. The Balaban J connectivity index is 1.67. The van der Waals surface area contributed by atoms with Crippen molar-refractivity contribution in [1.82, 2.24) is 14.9 Å². The Bertz CT molecular complexity index is 920. The van der Waals surface area contributed by atoms with Gasteiger partial charge in [0.2, 0.25) is 0 Å². The molecule has 1 N–H and O–H groups in total. The molecule has 140 valence electrons. The van der Waals surface area contributed by atoms with Crippen LogP contribution in [0.15, 0.2) is 64.4 Å². The van der Waals surface area contributed by atoms with E-state index in [2.05, 4.69) is 10.3 Å². The molecule has 3 aromatic rings. The van der Waals surface area contributed by atoms with E-state index in [-0.39, 0.29) is 5.76 Å². The number of furan rings is 1. The van der Waals surface area contributed by atoms with E-state index in [1.54, 1.807) is 42.6 Å². The predicted octanol–water partition coefficient (Wildman–Crippen LogP) is 2.95. The van der Waals surface area contributed by atoms with E-state index in [1.807, 2.05) is 23.9 Å². The van der Waals surface area contributed by atoms with E-state index in [0.717, 1.165) is 5.16 Å². The zero-order valence-corrected chi connectivity index (χ0v) is 15.7. The van der Waals surface area contributed by atoms with Gasteiger partial charge in [-0.25, -0.2) is 9.78 Å². The number of aryl methyl sites for hydroxylation is 1. The van der Waals surface area contributed by atoms with Crippen LogP contribution in [0.5, 0.6) is 0 Å². The number of carbonyl (C=O) groups excluding carboxylic acids is 2. The molecule has 8 heteroatoms. The van der Waals surface area contributed by atoms with Gasteiger partial charge in [-0.1, -0.05) is 42.1 Å². The average Bonchev–Trinajstić information content (AvgIpc) is 3.33. The van der Waals surface area contributed by atoms with E-state index in [1.165, 1.54) is 18.9 Å². The first-order valence-corrected chi connectivity index (χ1v) is 9.19. The minimum absolute atomic E-state index is 0.135. The monoisotopic (exact) mass is 385 g/mol. The Morgan fingerprint density at radius 3 is 2.70 bits per heavy atom. The van der Waals surface area contributed by atoms with Crippen LogP contribution < -0.4 is 5.32 Å². The van der Waals surface area contributed by atoms with Crippen LogP contribution in [-0.2, 0) is 22.3 Å². The third-order valence-corrected chi connectivity index (χ3v) is 4.93. The average molecular weight is 385 g/mol. The van der Waals surface area contributed by atoms with E-state index in [9.17, 15) is 9.59 Å². The Morgan fingerprint density at radius 2 is 2.04 bits per heavy atom. The third-order valence-electron chi connectivity index (χ3n) is 3.85. The van der Waals surface area contributed by atoms with Crippen LogP contribution in [0.25, 0.3) is 0 Å². The number of hydrogen-bond donors (Lipinski definition) is 1. The highest BCUT2D eigenvalue weighted by atomic mass is 32.2. The van der Waals surface area contributed by atoms with Crippen LogP contribution >= 0.6 is 11.8 Å². The fraction of sp³-hybridized carbons (Fsp3) is 0.211. The van der Waals surface area contributed by atoms with Crippen LogP contribution in [0.4, 0.5) is 0 Å². The Labute approximate surface area is 160 Å². The van der Waals surface area contributed by atoms with E-state index in [4.69, 9.17) is 9.15 Å². The summed E-state index contributed by atoms with van der Waals surface area (Å²) in [5.74, 6) is 0.281. The number of amides is 1. The molecule has 1 amide bonds. The molecule has 2 aromatic heterocycles. The Hall–Kier alpha value is -3.00. The number of hydrogen-bond acceptors (Lipinski definition) is 6. The van der Waals surface area contributed by atoms with Crippen molar-refractivity contribution in [2.24, 2.45) is 7.05 Å². The molecule has 0 saturated heterocycles. The van der Waals surface area contributed by atoms with Crippen LogP contribution in [0.1, 0.15) is 27.9 Å². The number of ether oxygens (including phenoxy) is 1. The van der Waals surface area contributed by atoms with Crippen LogP contribution in [0, 0.1) is 0 Å². The van der Waals surface area contributed by atoms with Gasteiger partial charge in [-0.05, 0) is 17.7 Å². The van der Waals surface area contributed by atoms with Crippen molar-refractivity contribution < 1.29 is 18.7 Å². The minimum atomic E-state index is -0.904. The second-order valence-corrected chi connectivity index (χ2v) is 6.66. The highest BCUT2D eigenvalue weighted by Crippen LogP contribution is 2.22. The highest BCUT2D eigenvalue weighted by molar-refractivity contribution is 7.98. The quantitative estimate of drug-likeness (QED) is 0.497. The fourth-order valence-corrected chi connectivity index (χ4v) is 3.27. The van der Waals surface area contributed by atoms with Crippen molar-refractivity contribution in [2.75, 3.05) is 7.11 Å². The lowest BCUT2D eigenvalue weighted by Crippen LogP contribution is -2.34. The molecular formula is C19H19N3O4S. The largest absolute Gasteiger partial charge is 0.467 e. The molecule has 0 aliphatic heterocycles. The van der Waals surface area contributed by atoms with Gasteiger partial charge in [0.25, 0.3) is 5.91 Å². The van der Waals surface area contributed by atoms with Crippen molar-refractivity contribution in [3.05, 3.63) is 71.9 Å². The lowest BCUT2D eigenvalue weighted by Gasteiger charge is -2.16. The first kappa shape index (κ1) is 18.8. The predicted molar refractivity (Wildman–Crippen MR) is 100 cm³/mol. The van der Waals surface area contributed by atoms with Gasteiger partial charge in [-0.2, -0.15) is 0 Å². The molecule has 0 bridgehead atoms. The van der Waals surface area contributed by atoms with Gasteiger partial charge in [-0.15, -0.1) is 0 Å². The molecule has 7 nitrogen and oxygen atoms in total. The van der Waals surface area contributed by atoms with Crippen molar-refractivity contribution in [3.63, 3.8) is 0 Å². The lowest BCUT2D eigenvalue weighted by atomic mass is 10.1. The molecule has 0 spiro atoms. The van der Waals surface area contributed by atoms with E-state index in [0.29, 0.717) is 17.1 Å². The summed E-state index contributed by atoms with van der Waals surface area (Å²) in [4.78, 5) is 28.8. The molecule has 0 aliphatic rings. The van der Waals surface area contributed by atoms with Gasteiger partial charge in [0.05, 0.1) is 12.9 Å². The number of imidazole rings is 1. The van der Waals surface area contributed by atoms with Crippen molar-refractivity contribution in [2.45, 2.75) is 17.0 Å². The smallest absolute Gasteiger partial charge is 0.333 e. The Kier molecular flexibility index (Phi) is 5.97. The third kappa shape index (κ3) is 4.59. The zero-order valence-electron chi connectivity index (χ0n) is 14.9. The van der Waals surface area contributed by atoms with Gasteiger partial charge in [-0.3, -0.25) is 4.79 Å². The normalized spacial score (nSPS) is 11.8. The number of benzene rings is 1. The maximum atomic E-state index is 12.5. The maximum absolute atomic E-state index is 12.5. The standard InChI is InChI=1S/C19H19N3O4S/c1-22-11-10-20-19(22)27-12-14-8-9-15(26-14)17(23)21-16(18(24)25-2)13-6-4-3-5-7-13/h3-11,16H,12H2,1-2H3,(H,21,23). The summed E-state index contributed by atoms with van der Waals surface area (Å²) in [7, 11) is 3.19. The molecule has 3 rings (SSSR count). The van der Waals surface area contributed by atoms with Gasteiger partial charge < -0.3 is 19.0 Å². The number of nitrogens with one attached hydrogen (secondary N) is 1. The number of carbonyl (C=O) groups is 2. The molecule has 0 saturated carbocycles. The molecule has 1 atom stereocenters. The van der Waals surface area contributed by atoms with Crippen LogP contribution in [0.2, 0.25) is 0 Å². The van der Waals surface area contributed by atoms with E-state index < -0.39 is 17.9 Å². The summed E-state index contributed by atoms with van der Waals surface area (Å²) < 4.78 is 12.3. The van der Waals surface area contributed by atoms with Crippen molar-refractivity contribution >= 4 is 23.6 Å². The van der Waals surface area contributed by atoms with Gasteiger partial charge in [0.15, 0.2) is 17.0 Å². The molecule has 2 heterocycles. The van der Waals surface area contributed by atoms with E-state index >= 15 is 0 Å². The summed E-state index contributed by atoms with van der Waals surface area (Å²) in [6, 6.07) is 11.3. The number of nitrogens with zero attached hydrogens (tertiary/aromatic N) is 2. The number of methoxy groups -OCH3 is 1. The summed E-state index contributed by atoms with van der Waals surface area (Å²) in [5, 5.41) is 3.52. The van der Waals surface area contributed by atoms with Gasteiger partial charge in [0, 0.05) is 19.4 Å². The Morgan fingerprint density at radius 1 is 1.26 bits per heavy atom. The summed E-state index contributed by atoms with van der Waals surface area (Å²) in [6.45, 7) is 0. The summed E-state index contributed by atoms with van der Waals surface area (Å²) in [5.41, 5.74) is 0.634. The molecule has 27 heavy (non-hydrogen) atoms. The molecule has 0 aliphatic carbocycles. The van der Waals surface area contributed by atoms with Crippen molar-refractivity contribution in [3.8, 4) is 0 Å². The number of esters is 1. The molecule has 0 radical (unpaired) electrons. The van der Waals surface area contributed by atoms with Gasteiger partial charge in [0.1, 0.15) is 5.76 Å². The van der Waals surface area contributed by atoms with Gasteiger partial charge >= 0.3 is 5.97 Å². The van der Waals surface area contributed by atoms with Crippen LogP contribution in [0.3, 0.4) is 0 Å². The first-order chi connectivity index (χ1) is 13.1.